The van der Waals surface area contributed by atoms with Gasteiger partial charge in [0, 0.05) is 18.2 Å². The molecule has 1 heterocycles. The van der Waals surface area contributed by atoms with Crippen LogP contribution in [-0.2, 0) is 0 Å². The van der Waals surface area contributed by atoms with E-state index in [1.807, 2.05) is 38.3 Å². The molecule has 0 amide bonds. The molecule has 0 radical (unpaired) electrons. The molecule has 14 heavy (non-hydrogen) atoms. The Kier molecular flexibility index (Phi) is 4.11. The minimum Gasteiger partial charge on any atom is -0.260 e. The maximum absolute atomic E-state index is 4.36. The molecule has 74 valence electrons. The molecule has 0 spiro atoms. The molecule has 0 saturated carbocycles. The Labute approximate surface area is 86.2 Å². The van der Waals surface area contributed by atoms with Gasteiger partial charge in [0.1, 0.15) is 0 Å². The van der Waals surface area contributed by atoms with E-state index in [-0.39, 0.29) is 0 Å². The first kappa shape index (κ1) is 10.7. The van der Waals surface area contributed by atoms with Crippen molar-refractivity contribution in [3.8, 4) is 0 Å². The lowest BCUT2D eigenvalue weighted by Crippen LogP contribution is -1.73. The minimum absolute atomic E-state index is 0.967. The fourth-order valence-electron chi connectivity index (χ4n) is 1.34. The predicted molar refractivity (Wildman–Crippen MR) is 64.2 cm³/mol. The fraction of sp³-hybridized carbons (Fsp3) is 0.308. The molecule has 0 aliphatic carbocycles. The van der Waals surface area contributed by atoms with Gasteiger partial charge < -0.3 is 0 Å². The minimum atomic E-state index is 0.967. The van der Waals surface area contributed by atoms with Gasteiger partial charge in [-0.2, -0.15) is 0 Å². The molecule has 1 aromatic carbocycles. The van der Waals surface area contributed by atoms with Crippen LogP contribution in [0, 0.1) is 0 Å². The quantitative estimate of drug-likeness (QED) is 0.576. The number of para-hydroxylation sites is 1. The highest BCUT2D eigenvalue weighted by Gasteiger charge is 2.00. The molecule has 0 fully saturated rings. The first-order chi connectivity index (χ1) is 6.86. The summed E-state index contributed by atoms with van der Waals surface area (Å²) in [6.45, 7) is 6.13. The molecule has 1 aliphatic rings. The van der Waals surface area contributed by atoms with Gasteiger partial charge in [0.05, 0.1) is 5.69 Å². The largest absolute Gasteiger partial charge is 0.260 e. The SMILES string of the molecule is CC.CC1=Cc2ccccc2N=CC1. The van der Waals surface area contributed by atoms with Crippen molar-refractivity contribution in [2.45, 2.75) is 27.2 Å². The van der Waals surface area contributed by atoms with Crippen molar-refractivity contribution in [3.63, 3.8) is 0 Å². The van der Waals surface area contributed by atoms with Gasteiger partial charge in [-0.05, 0) is 13.0 Å². The van der Waals surface area contributed by atoms with Crippen LogP contribution in [0.4, 0.5) is 5.69 Å². The number of aliphatic imine (C=N–C) groups is 1. The highest BCUT2D eigenvalue weighted by atomic mass is 14.7. The van der Waals surface area contributed by atoms with Gasteiger partial charge in [-0.1, -0.05) is 43.7 Å². The van der Waals surface area contributed by atoms with Crippen molar-refractivity contribution in [1.29, 1.82) is 0 Å². The van der Waals surface area contributed by atoms with E-state index in [4.69, 9.17) is 0 Å². The van der Waals surface area contributed by atoms with Crippen molar-refractivity contribution < 1.29 is 0 Å². The second kappa shape index (κ2) is 5.38. The molecule has 2 rings (SSSR count). The molecule has 1 aromatic rings. The second-order valence-corrected chi connectivity index (χ2v) is 3.07. The van der Waals surface area contributed by atoms with Crippen molar-refractivity contribution in [2.24, 2.45) is 4.99 Å². The average Bonchev–Trinajstić information content (AvgIpc) is 2.41. The third-order valence-corrected chi connectivity index (χ3v) is 1.98. The molecule has 0 bridgehead atoms. The molecule has 1 nitrogen and oxygen atoms in total. The summed E-state index contributed by atoms with van der Waals surface area (Å²) in [5, 5.41) is 0. The van der Waals surface area contributed by atoms with Gasteiger partial charge in [0.2, 0.25) is 0 Å². The molecular weight excluding hydrogens is 170 g/mol. The highest BCUT2D eigenvalue weighted by Crippen LogP contribution is 2.24. The van der Waals surface area contributed by atoms with Crippen LogP contribution in [0.15, 0.2) is 34.8 Å². The summed E-state index contributed by atoms with van der Waals surface area (Å²) in [6, 6.07) is 8.20. The summed E-state index contributed by atoms with van der Waals surface area (Å²) in [5.41, 5.74) is 3.67. The third kappa shape index (κ3) is 2.56. The van der Waals surface area contributed by atoms with E-state index in [2.05, 4.69) is 24.1 Å². The highest BCUT2D eigenvalue weighted by molar-refractivity contribution is 5.77. The molecule has 0 saturated heterocycles. The van der Waals surface area contributed by atoms with Crippen LogP contribution in [0.5, 0.6) is 0 Å². The molecule has 1 heteroatoms. The van der Waals surface area contributed by atoms with E-state index < -0.39 is 0 Å². The van der Waals surface area contributed by atoms with Crippen LogP contribution in [0.2, 0.25) is 0 Å². The van der Waals surface area contributed by atoms with E-state index in [1.165, 1.54) is 11.1 Å². The summed E-state index contributed by atoms with van der Waals surface area (Å²) in [4.78, 5) is 4.36. The summed E-state index contributed by atoms with van der Waals surface area (Å²) >= 11 is 0. The molecule has 1 aliphatic heterocycles. The fourth-order valence-corrected chi connectivity index (χ4v) is 1.34. The van der Waals surface area contributed by atoms with E-state index in [9.17, 15) is 0 Å². The first-order valence-corrected chi connectivity index (χ1v) is 5.15. The van der Waals surface area contributed by atoms with Crippen LogP contribution in [0.25, 0.3) is 6.08 Å². The third-order valence-electron chi connectivity index (χ3n) is 1.98. The molecule has 0 atom stereocenters. The van der Waals surface area contributed by atoms with E-state index in [0.717, 1.165) is 12.1 Å². The maximum Gasteiger partial charge on any atom is 0.0698 e. The van der Waals surface area contributed by atoms with Crippen LogP contribution in [0.1, 0.15) is 32.8 Å². The number of nitrogens with zero attached hydrogens (tertiary/aromatic N) is 1. The monoisotopic (exact) mass is 187 g/mol. The van der Waals surface area contributed by atoms with Gasteiger partial charge in [-0.25, -0.2) is 0 Å². The zero-order chi connectivity index (χ0) is 10.4. The Balaban J connectivity index is 0.000000461. The van der Waals surface area contributed by atoms with Crippen LogP contribution >= 0.6 is 0 Å². The number of rotatable bonds is 0. The predicted octanol–water partition coefficient (Wildman–Crippen LogP) is 4.22. The Morgan fingerprint density at radius 1 is 1.14 bits per heavy atom. The van der Waals surface area contributed by atoms with Crippen molar-refractivity contribution in [2.75, 3.05) is 0 Å². The summed E-state index contributed by atoms with van der Waals surface area (Å²) in [6.07, 6.45) is 5.13. The lowest BCUT2D eigenvalue weighted by Gasteiger charge is -1.97. The maximum atomic E-state index is 4.36. The van der Waals surface area contributed by atoms with Crippen LogP contribution in [0.3, 0.4) is 0 Å². The summed E-state index contributed by atoms with van der Waals surface area (Å²) in [7, 11) is 0. The zero-order valence-electron chi connectivity index (χ0n) is 9.12. The van der Waals surface area contributed by atoms with Gasteiger partial charge in [0.25, 0.3) is 0 Å². The zero-order valence-corrected chi connectivity index (χ0v) is 9.12. The number of hydrogen-bond donors (Lipinski definition) is 0. The van der Waals surface area contributed by atoms with Gasteiger partial charge >= 0.3 is 0 Å². The Morgan fingerprint density at radius 2 is 1.86 bits per heavy atom. The average molecular weight is 187 g/mol. The molecule has 0 N–H and O–H groups in total. The van der Waals surface area contributed by atoms with E-state index >= 15 is 0 Å². The molecular formula is C13H17N. The van der Waals surface area contributed by atoms with Crippen molar-refractivity contribution in [1.82, 2.24) is 0 Å². The van der Waals surface area contributed by atoms with Gasteiger partial charge in [-0.15, -0.1) is 0 Å². The number of allylic oxidation sites excluding steroid dienone is 1. The number of hydrogen-bond acceptors (Lipinski definition) is 1. The van der Waals surface area contributed by atoms with Gasteiger partial charge in [0.15, 0.2) is 0 Å². The normalized spacial score (nSPS) is 13.2. The van der Waals surface area contributed by atoms with Crippen LogP contribution in [-0.4, -0.2) is 6.21 Å². The summed E-state index contributed by atoms with van der Waals surface area (Å²) in [5.74, 6) is 0. The van der Waals surface area contributed by atoms with E-state index in [0.29, 0.717) is 0 Å². The molecule has 0 aromatic heterocycles. The summed E-state index contributed by atoms with van der Waals surface area (Å²) < 4.78 is 0. The number of fused-ring (bicyclic) bond motifs is 1. The van der Waals surface area contributed by atoms with Crippen molar-refractivity contribution >= 4 is 18.0 Å². The topological polar surface area (TPSA) is 12.4 Å². The van der Waals surface area contributed by atoms with E-state index in [1.54, 1.807) is 0 Å². The van der Waals surface area contributed by atoms with Crippen molar-refractivity contribution in [3.05, 3.63) is 35.4 Å². The smallest absolute Gasteiger partial charge is 0.0698 e. The van der Waals surface area contributed by atoms with Crippen LogP contribution < -0.4 is 0 Å². The second-order valence-electron chi connectivity index (χ2n) is 3.07. The lowest BCUT2D eigenvalue weighted by molar-refractivity contribution is 1.32. The first-order valence-electron chi connectivity index (χ1n) is 5.15. The standard InChI is InChI=1S/C11H11N.C2H6/c1-9-6-7-12-11-5-3-2-4-10(11)8-9;1-2/h2-5,7-8H,6H2,1H3;1-2H3. The Bertz CT molecular complexity index is 348. The number of benzene rings is 1. The molecule has 0 unspecified atom stereocenters. The Morgan fingerprint density at radius 3 is 2.64 bits per heavy atom. The van der Waals surface area contributed by atoms with Gasteiger partial charge in [-0.3, -0.25) is 4.99 Å². The Hall–Kier alpha value is -1.37. The lowest BCUT2D eigenvalue weighted by atomic mass is 10.1.